The van der Waals surface area contributed by atoms with Crippen molar-refractivity contribution in [3.05, 3.63) is 56.9 Å². The lowest BCUT2D eigenvalue weighted by Crippen LogP contribution is -2.00. The van der Waals surface area contributed by atoms with E-state index in [2.05, 4.69) is 28.7 Å². The van der Waals surface area contributed by atoms with Crippen LogP contribution in [0.1, 0.15) is 11.1 Å². The largest absolute Gasteiger partial charge is 0.493 e. The Labute approximate surface area is 130 Å². The normalized spacial score (nSPS) is 9.90. The van der Waals surface area contributed by atoms with E-state index in [0.717, 1.165) is 9.13 Å². The molecule has 0 heterocycles. The lowest BCUT2D eigenvalue weighted by Gasteiger charge is -2.13. The molecule has 0 saturated heterocycles. The van der Waals surface area contributed by atoms with Crippen LogP contribution in [0, 0.1) is 20.7 Å². The first-order chi connectivity index (χ1) is 9.63. The first-order valence-electron chi connectivity index (χ1n) is 5.79. The predicted octanol–water partition coefficient (Wildman–Crippen LogP) is 3.89. The molecule has 0 aliphatic carbocycles. The molecule has 0 N–H and O–H groups in total. The van der Waals surface area contributed by atoms with E-state index in [1.807, 2.05) is 0 Å². The number of hydrogen-bond donors (Lipinski definition) is 0. The third-order valence-electron chi connectivity index (χ3n) is 2.65. The molecule has 0 amide bonds. The molecule has 0 fully saturated rings. The van der Waals surface area contributed by atoms with Gasteiger partial charge in [0.2, 0.25) is 0 Å². The topological polar surface area (TPSA) is 42.2 Å². The van der Waals surface area contributed by atoms with Crippen LogP contribution in [0.15, 0.2) is 36.4 Å². The van der Waals surface area contributed by atoms with Crippen molar-refractivity contribution < 1.29 is 13.9 Å². The van der Waals surface area contributed by atoms with Gasteiger partial charge in [-0.3, -0.25) is 0 Å². The molecule has 2 rings (SSSR count). The summed E-state index contributed by atoms with van der Waals surface area (Å²) in [5.41, 5.74) is 1.37. The van der Waals surface area contributed by atoms with Crippen LogP contribution in [-0.2, 0) is 6.61 Å². The van der Waals surface area contributed by atoms with Gasteiger partial charge in [0.1, 0.15) is 12.4 Å². The van der Waals surface area contributed by atoms with Crippen LogP contribution in [0.3, 0.4) is 0 Å². The van der Waals surface area contributed by atoms with Crippen LogP contribution in [0.2, 0.25) is 0 Å². The molecule has 0 saturated carbocycles. The molecule has 102 valence electrons. The Hall–Kier alpha value is -1.81. The van der Waals surface area contributed by atoms with Gasteiger partial charge >= 0.3 is 0 Å². The lowest BCUT2D eigenvalue weighted by atomic mass is 10.2. The highest BCUT2D eigenvalue weighted by atomic mass is 127. The maximum Gasteiger partial charge on any atom is 0.175 e. The molecular formula is C15H11FINO2. The fourth-order valence-electron chi connectivity index (χ4n) is 1.66. The van der Waals surface area contributed by atoms with Crippen molar-refractivity contribution in [2.24, 2.45) is 0 Å². The molecule has 5 heteroatoms. The van der Waals surface area contributed by atoms with Crippen molar-refractivity contribution in [1.29, 1.82) is 5.26 Å². The van der Waals surface area contributed by atoms with Gasteiger partial charge in [-0.1, -0.05) is 12.1 Å². The number of nitriles is 1. The zero-order chi connectivity index (χ0) is 14.5. The van der Waals surface area contributed by atoms with Crippen LogP contribution in [0.4, 0.5) is 4.39 Å². The maximum absolute atomic E-state index is 12.8. The molecule has 0 aromatic heterocycles. The molecule has 0 aliphatic rings. The van der Waals surface area contributed by atoms with E-state index in [4.69, 9.17) is 14.7 Å². The summed E-state index contributed by atoms with van der Waals surface area (Å²) < 4.78 is 24.6. The summed E-state index contributed by atoms with van der Waals surface area (Å²) in [6.07, 6.45) is 0. The monoisotopic (exact) mass is 383 g/mol. The van der Waals surface area contributed by atoms with Crippen LogP contribution in [0.5, 0.6) is 11.5 Å². The van der Waals surface area contributed by atoms with Crippen molar-refractivity contribution in [2.75, 3.05) is 7.11 Å². The Morgan fingerprint density at radius 2 is 1.95 bits per heavy atom. The number of rotatable bonds is 4. The summed E-state index contributed by atoms with van der Waals surface area (Å²) in [5.74, 6) is 0.811. The zero-order valence-electron chi connectivity index (χ0n) is 10.7. The standard InChI is InChI=1S/C15H11FINO2/c1-19-14-7-11(8-18)6-13(17)15(14)20-9-10-2-4-12(16)5-3-10/h2-7H,9H2,1H3. The molecule has 0 aliphatic heterocycles. The maximum atomic E-state index is 12.8. The first kappa shape index (κ1) is 14.6. The first-order valence-corrected chi connectivity index (χ1v) is 6.87. The molecule has 0 unspecified atom stereocenters. The fourth-order valence-corrected chi connectivity index (χ4v) is 2.42. The minimum Gasteiger partial charge on any atom is -0.493 e. The van der Waals surface area contributed by atoms with Gasteiger partial charge in [-0.15, -0.1) is 0 Å². The highest BCUT2D eigenvalue weighted by Crippen LogP contribution is 2.34. The highest BCUT2D eigenvalue weighted by molar-refractivity contribution is 14.1. The van der Waals surface area contributed by atoms with E-state index in [1.165, 1.54) is 19.2 Å². The lowest BCUT2D eigenvalue weighted by molar-refractivity contribution is 0.282. The SMILES string of the molecule is COc1cc(C#N)cc(I)c1OCc1ccc(F)cc1. The number of halogens is 2. The molecule has 0 bridgehead atoms. The molecule has 3 nitrogen and oxygen atoms in total. The Morgan fingerprint density at radius 1 is 1.25 bits per heavy atom. The van der Waals surface area contributed by atoms with E-state index in [0.29, 0.717) is 23.7 Å². The van der Waals surface area contributed by atoms with E-state index >= 15 is 0 Å². The van der Waals surface area contributed by atoms with Gasteiger partial charge in [-0.05, 0) is 46.4 Å². The van der Waals surface area contributed by atoms with Crippen LogP contribution < -0.4 is 9.47 Å². The zero-order valence-corrected chi connectivity index (χ0v) is 12.8. The summed E-state index contributed by atoms with van der Waals surface area (Å²) in [4.78, 5) is 0. The van der Waals surface area contributed by atoms with E-state index in [1.54, 1.807) is 24.3 Å². The molecule has 0 spiro atoms. The van der Waals surface area contributed by atoms with Crippen LogP contribution >= 0.6 is 22.6 Å². The van der Waals surface area contributed by atoms with E-state index in [-0.39, 0.29) is 5.82 Å². The van der Waals surface area contributed by atoms with Gasteiger partial charge in [0, 0.05) is 6.07 Å². The second-order valence-electron chi connectivity index (χ2n) is 4.02. The molecular weight excluding hydrogens is 372 g/mol. The minimum atomic E-state index is -0.278. The predicted molar refractivity (Wildman–Crippen MR) is 81.2 cm³/mol. The molecule has 2 aromatic carbocycles. The Kier molecular flexibility index (Phi) is 4.79. The molecule has 0 atom stereocenters. The fraction of sp³-hybridized carbons (Fsp3) is 0.133. The van der Waals surface area contributed by atoms with Gasteiger partial charge in [-0.25, -0.2) is 4.39 Å². The summed E-state index contributed by atoms with van der Waals surface area (Å²) in [6, 6.07) is 11.5. The number of methoxy groups -OCH3 is 1. The number of nitrogens with zero attached hydrogens (tertiary/aromatic N) is 1. The summed E-state index contributed by atoms with van der Waals surface area (Å²) in [6.45, 7) is 0.304. The van der Waals surface area contributed by atoms with Crippen molar-refractivity contribution in [3.63, 3.8) is 0 Å². The van der Waals surface area contributed by atoms with Crippen molar-refractivity contribution in [2.45, 2.75) is 6.61 Å². The number of benzene rings is 2. The van der Waals surface area contributed by atoms with Gasteiger partial charge in [0.25, 0.3) is 0 Å². The Balaban J connectivity index is 2.21. The molecule has 0 radical (unpaired) electrons. The summed E-state index contributed by atoms with van der Waals surface area (Å²) >= 11 is 2.09. The molecule has 20 heavy (non-hydrogen) atoms. The van der Waals surface area contributed by atoms with Crippen molar-refractivity contribution >= 4 is 22.6 Å². The van der Waals surface area contributed by atoms with Gasteiger partial charge < -0.3 is 9.47 Å². The quantitative estimate of drug-likeness (QED) is 0.753. The average Bonchev–Trinajstić information content (AvgIpc) is 2.47. The highest BCUT2D eigenvalue weighted by Gasteiger charge is 2.11. The second kappa shape index (κ2) is 6.57. The third kappa shape index (κ3) is 3.39. The van der Waals surface area contributed by atoms with Crippen LogP contribution in [0.25, 0.3) is 0 Å². The number of ether oxygens (including phenoxy) is 2. The van der Waals surface area contributed by atoms with E-state index in [9.17, 15) is 4.39 Å². The minimum absolute atomic E-state index is 0.278. The number of hydrogen-bond acceptors (Lipinski definition) is 3. The Morgan fingerprint density at radius 3 is 2.55 bits per heavy atom. The average molecular weight is 383 g/mol. The third-order valence-corrected chi connectivity index (χ3v) is 3.46. The Bertz CT molecular complexity index is 650. The smallest absolute Gasteiger partial charge is 0.175 e. The van der Waals surface area contributed by atoms with Crippen molar-refractivity contribution in [3.8, 4) is 17.6 Å². The van der Waals surface area contributed by atoms with Gasteiger partial charge in [0.15, 0.2) is 11.5 Å². The summed E-state index contributed by atoms with van der Waals surface area (Å²) in [5, 5.41) is 8.92. The van der Waals surface area contributed by atoms with Gasteiger partial charge in [0.05, 0.1) is 22.3 Å². The second-order valence-corrected chi connectivity index (χ2v) is 5.18. The van der Waals surface area contributed by atoms with Crippen LogP contribution in [-0.4, -0.2) is 7.11 Å². The summed E-state index contributed by atoms with van der Waals surface area (Å²) in [7, 11) is 1.53. The van der Waals surface area contributed by atoms with Crippen molar-refractivity contribution in [1.82, 2.24) is 0 Å². The van der Waals surface area contributed by atoms with Gasteiger partial charge in [-0.2, -0.15) is 5.26 Å². The van der Waals surface area contributed by atoms with E-state index < -0.39 is 0 Å². The molecule has 2 aromatic rings.